The van der Waals surface area contributed by atoms with Crippen LogP contribution in [0.3, 0.4) is 0 Å². The van der Waals surface area contributed by atoms with Gasteiger partial charge in [-0.15, -0.1) is 4.40 Å². The summed E-state index contributed by atoms with van der Waals surface area (Å²) in [6.07, 6.45) is 1.65. The molecule has 0 radical (unpaired) electrons. The standard InChI is InChI=1S/C14H9NO3S/c16-12-11(9-5-2-1-3-6-9)19-13-10(14(17)18)7-4-8-15(12)13/h1-8H,(H-,16,17,18)/p+1. The third-order valence-electron chi connectivity index (χ3n) is 2.84. The van der Waals surface area contributed by atoms with Gasteiger partial charge >= 0.3 is 11.8 Å². The molecule has 4 nitrogen and oxygen atoms in total. The van der Waals surface area contributed by atoms with E-state index in [1.165, 1.54) is 21.8 Å². The van der Waals surface area contributed by atoms with E-state index in [9.17, 15) is 9.90 Å². The number of carboxylic acid groups (broad SMARTS) is 1. The molecule has 3 rings (SSSR count). The number of carboxylic acids is 1. The van der Waals surface area contributed by atoms with Crippen LogP contribution >= 0.6 is 11.3 Å². The number of hydrogen-bond donors (Lipinski definition) is 2. The number of pyridine rings is 1. The van der Waals surface area contributed by atoms with Crippen molar-refractivity contribution in [2.45, 2.75) is 0 Å². The Morgan fingerprint density at radius 3 is 2.53 bits per heavy atom. The van der Waals surface area contributed by atoms with Gasteiger partial charge in [-0.3, -0.25) is 0 Å². The quantitative estimate of drug-likeness (QED) is 0.705. The number of thiazole rings is 1. The molecular weight excluding hydrogens is 262 g/mol. The molecule has 0 saturated heterocycles. The lowest BCUT2D eigenvalue weighted by atomic mass is 10.2. The fraction of sp³-hybridized carbons (Fsp3) is 0. The van der Waals surface area contributed by atoms with Gasteiger partial charge in [0.15, 0.2) is 11.1 Å². The van der Waals surface area contributed by atoms with Crippen molar-refractivity contribution in [3.05, 3.63) is 54.2 Å². The molecule has 2 aromatic heterocycles. The van der Waals surface area contributed by atoms with Gasteiger partial charge in [-0.2, -0.15) is 0 Å². The predicted molar refractivity (Wildman–Crippen MR) is 71.5 cm³/mol. The summed E-state index contributed by atoms with van der Waals surface area (Å²) in [6.45, 7) is 0. The van der Waals surface area contributed by atoms with Gasteiger partial charge in [0, 0.05) is 11.6 Å². The second kappa shape index (κ2) is 4.37. The van der Waals surface area contributed by atoms with E-state index in [4.69, 9.17) is 5.11 Å². The lowest BCUT2D eigenvalue weighted by molar-refractivity contribution is -0.517. The van der Waals surface area contributed by atoms with E-state index in [-0.39, 0.29) is 11.4 Å². The van der Waals surface area contributed by atoms with Crippen LogP contribution < -0.4 is 4.40 Å². The average Bonchev–Trinajstić information content (AvgIpc) is 2.77. The zero-order valence-electron chi connectivity index (χ0n) is 9.78. The highest BCUT2D eigenvalue weighted by Crippen LogP contribution is 2.34. The van der Waals surface area contributed by atoms with Crippen LogP contribution in [0.4, 0.5) is 0 Å². The Bertz CT molecular complexity index is 765. The molecule has 0 unspecified atom stereocenters. The Balaban J connectivity index is 2.32. The molecule has 3 aromatic rings. The van der Waals surface area contributed by atoms with Gasteiger partial charge in [0.25, 0.3) is 4.83 Å². The molecule has 0 spiro atoms. The molecule has 0 amide bonds. The minimum Gasteiger partial charge on any atom is -0.477 e. The predicted octanol–water partition coefficient (Wildman–Crippen LogP) is 2.56. The van der Waals surface area contributed by atoms with Crippen molar-refractivity contribution in [3.63, 3.8) is 0 Å². The summed E-state index contributed by atoms with van der Waals surface area (Å²) in [4.78, 5) is 12.4. The Morgan fingerprint density at radius 2 is 1.84 bits per heavy atom. The molecule has 1 aromatic carbocycles. The van der Waals surface area contributed by atoms with Crippen molar-refractivity contribution in [1.82, 2.24) is 0 Å². The first kappa shape index (κ1) is 11.7. The average molecular weight is 272 g/mol. The SMILES string of the molecule is O=C(O)c1ccc[n+]2c(O)c(-c3ccccc3)sc12. The van der Waals surface area contributed by atoms with Crippen molar-refractivity contribution >= 4 is 22.1 Å². The van der Waals surface area contributed by atoms with E-state index >= 15 is 0 Å². The highest BCUT2D eigenvalue weighted by atomic mass is 32.1. The van der Waals surface area contributed by atoms with Gasteiger partial charge in [0.05, 0.1) is 0 Å². The van der Waals surface area contributed by atoms with Gasteiger partial charge in [-0.05, 0) is 6.07 Å². The van der Waals surface area contributed by atoms with E-state index in [1.54, 1.807) is 12.3 Å². The number of hydrogen-bond acceptors (Lipinski definition) is 3. The summed E-state index contributed by atoms with van der Waals surface area (Å²) in [7, 11) is 0. The van der Waals surface area contributed by atoms with Crippen LogP contribution in [-0.4, -0.2) is 16.2 Å². The fourth-order valence-electron chi connectivity index (χ4n) is 1.96. The molecule has 19 heavy (non-hydrogen) atoms. The molecule has 2 heterocycles. The smallest absolute Gasteiger partial charge is 0.390 e. The number of benzene rings is 1. The molecule has 0 aliphatic rings. The maximum Gasteiger partial charge on any atom is 0.390 e. The normalized spacial score (nSPS) is 10.7. The number of aromatic carboxylic acids is 1. The van der Waals surface area contributed by atoms with E-state index in [2.05, 4.69) is 0 Å². The second-order valence-electron chi connectivity index (χ2n) is 4.02. The first-order valence-corrected chi connectivity index (χ1v) is 6.45. The van der Waals surface area contributed by atoms with Gasteiger partial charge in [0.1, 0.15) is 5.56 Å². The lowest BCUT2D eigenvalue weighted by Gasteiger charge is -1.92. The molecule has 0 aliphatic heterocycles. The third-order valence-corrected chi connectivity index (χ3v) is 4.08. The number of carbonyl (C=O) groups is 1. The number of aromatic hydroxyl groups is 1. The Morgan fingerprint density at radius 1 is 1.11 bits per heavy atom. The van der Waals surface area contributed by atoms with Crippen LogP contribution in [0.1, 0.15) is 10.4 Å². The van der Waals surface area contributed by atoms with Crippen molar-refractivity contribution in [2.24, 2.45) is 0 Å². The molecular formula is C14H10NO3S+. The second-order valence-corrected chi connectivity index (χ2v) is 5.02. The van der Waals surface area contributed by atoms with Crippen LogP contribution in [0.15, 0.2) is 48.7 Å². The number of nitrogens with zero attached hydrogens (tertiary/aromatic N) is 1. The topological polar surface area (TPSA) is 61.6 Å². The minimum atomic E-state index is -1.00. The highest BCUT2D eigenvalue weighted by Gasteiger charge is 2.25. The minimum absolute atomic E-state index is 0.0642. The zero-order chi connectivity index (χ0) is 13.4. The summed E-state index contributed by atoms with van der Waals surface area (Å²) < 4.78 is 1.50. The van der Waals surface area contributed by atoms with E-state index < -0.39 is 5.97 Å². The van der Waals surface area contributed by atoms with Crippen molar-refractivity contribution < 1.29 is 19.4 Å². The van der Waals surface area contributed by atoms with Gasteiger partial charge < -0.3 is 10.2 Å². The van der Waals surface area contributed by atoms with Crippen LogP contribution in [0.5, 0.6) is 5.88 Å². The van der Waals surface area contributed by atoms with E-state index in [0.717, 1.165) is 5.56 Å². The van der Waals surface area contributed by atoms with Gasteiger partial charge in [0.2, 0.25) is 0 Å². The maximum absolute atomic E-state index is 11.2. The highest BCUT2D eigenvalue weighted by molar-refractivity contribution is 7.20. The summed E-state index contributed by atoms with van der Waals surface area (Å²) in [5.41, 5.74) is 1.05. The van der Waals surface area contributed by atoms with Gasteiger partial charge in [-0.1, -0.05) is 41.7 Å². The van der Waals surface area contributed by atoms with Crippen LogP contribution in [-0.2, 0) is 0 Å². The Labute approximate surface area is 112 Å². The van der Waals surface area contributed by atoms with E-state index in [1.807, 2.05) is 30.3 Å². The molecule has 94 valence electrons. The molecule has 2 N–H and O–H groups in total. The summed E-state index contributed by atoms with van der Waals surface area (Å²) >= 11 is 1.26. The van der Waals surface area contributed by atoms with Crippen molar-refractivity contribution in [3.8, 4) is 16.3 Å². The molecule has 5 heteroatoms. The maximum atomic E-state index is 11.2. The summed E-state index contributed by atoms with van der Waals surface area (Å²) in [5.74, 6) is -0.937. The first-order chi connectivity index (χ1) is 9.18. The Kier molecular flexibility index (Phi) is 2.68. The number of rotatable bonds is 2. The van der Waals surface area contributed by atoms with E-state index in [0.29, 0.717) is 9.71 Å². The Hall–Kier alpha value is -2.40. The molecule has 0 fully saturated rings. The third kappa shape index (κ3) is 1.84. The number of fused-ring (bicyclic) bond motifs is 1. The van der Waals surface area contributed by atoms with Crippen LogP contribution in [0.25, 0.3) is 15.3 Å². The molecule has 0 saturated carbocycles. The summed E-state index contributed by atoms with van der Waals surface area (Å²) in [6, 6.07) is 12.5. The summed E-state index contributed by atoms with van der Waals surface area (Å²) in [5, 5.41) is 19.4. The number of aromatic nitrogens is 1. The molecule has 0 aliphatic carbocycles. The van der Waals surface area contributed by atoms with Crippen molar-refractivity contribution in [1.29, 1.82) is 0 Å². The monoisotopic (exact) mass is 272 g/mol. The fourth-order valence-corrected chi connectivity index (χ4v) is 3.10. The van der Waals surface area contributed by atoms with Crippen LogP contribution in [0, 0.1) is 0 Å². The first-order valence-electron chi connectivity index (χ1n) is 5.63. The lowest BCUT2D eigenvalue weighted by Crippen LogP contribution is -2.20. The zero-order valence-corrected chi connectivity index (χ0v) is 10.6. The molecule has 0 atom stereocenters. The largest absolute Gasteiger partial charge is 0.477 e. The molecule has 0 bridgehead atoms. The van der Waals surface area contributed by atoms with Crippen LogP contribution in [0.2, 0.25) is 0 Å². The van der Waals surface area contributed by atoms with Gasteiger partial charge in [-0.25, -0.2) is 4.79 Å². The van der Waals surface area contributed by atoms with Crippen molar-refractivity contribution in [2.75, 3.05) is 0 Å².